The molecule has 2 atom stereocenters. The van der Waals surface area contributed by atoms with Gasteiger partial charge in [0.2, 0.25) is 5.91 Å². The van der Waals surface area contributed by atoms with Crippen molar-refractivity contribution in [2.75, 3.05) is 12.8 Å². The van der Waals surface area contributed by atoms with Crippen LogP contribution >= 0.6 is 32.9 Å². The molecule has 43 heavy (non-hydrogen) atoms. The number of allylic oxidation sites excluding steroid dienone is 1. The Balaban J connectivity index is 1.37. The highest BCUT2D eigenvalue weighted by Gasteiger charge is 2.44. The molecule has 1 aliphatic rings. The molecule has 9 nitrogen and oxygen atoms in total. The molecule has 1 aliphatic heterocycles. The number of likely N-dealkylation sites (tertiary alicyclic amines) is 1. The number of benzene rings is 3. The molecule has 1 saturated heterocycles. The lowest BCUT2D eigenvalue weighted by molar-refractivity contribution is -0.150. The molecule has 5 rings (SSSR count). The molecule has 224 valence electrons. The molecular weight excluding hydrogens is 629 g/mol. The van der Waals surface area contributed by atoms with Crippen molar-refractivity contribution in [1.29, 1.82) is 0 Å². The quantitative estimate of drug-likeness (QED) is 0.0526. The molecule has 0 unspecified atom stereocenters. The molecule has 4 aromatic rings. The fourth-order valence-electron chi connectivity index (χ4n) is 4.42. The molecular formula is C30H28N2O7S4. The molecule has 0 bridgehead atoms. The van der Waals surface area contributed by atoms with Crippen molar-refractivity contribution in [3.05, 3.63) is 106 Å². The van der Waals surface area contributed by atoms with E-state index >= 15 is 0 Å². The Bertz CT molecular complexity index is 1730. The number of para-hydroxylation sites is 1. The zero-order valence-electron chi connectivity index (χ0n) is 23.4. The van der Waals surface area contributed by atoms with Crippen molar-refractivity contribution in [2.45, 2.75) is 36.2 Å². The van der Waals surface area contributed by atoms with Crippen molar-refractivity contribution < 1.29 is 32.0 Å². The standard InChI is InChI=1S/C30H28N2O7S4/c1-18(33)28-31-25-22(40-28)15-10-16-23(25)41-42-24-17-32(29(24)34)26(19(2)39-43(3,36)37)30(35)38-27(20-11-6-4-7-12-20)21-13-8-5-9-14-21/h4-16,18,24,27,33H,17H2,1-3H3/t18-,24+/m1/s1. The third kappa shape index (κ3) is 7.24. The van der Waals surface area contributed by atoms with E-state index in [1.807, 2.05) is 78.9 Å². The van der Waals surface area contributed by atoms with E-state index < -0.39 is 33.5 Å². The molecule has 0 spiro atoms. The molecule has 2 heterocycles. The SMILES string of the molecule is CC(OS(C)(=O)=O)=C(C(=O)OC(c1ccccc1)c1ccccc1)N1C[C@H](SSc2cccc3sc([C@@H](C)O)nc23)C1=O. The number of thiazole rings is 1. The van der Waals surface area contributed by atoms with Crippen LogP contribution in [0.3, 0.4) is 0 Å². The van der Waals surface area contributed by atoms with E-state index in [2.05, 4.69) is 4.98 Å². The topological polar surface area (TPSA) is 123 Å². The first-order chi connectivity index (χ1) is 20.5. The number of ether oxygens (including phenoxy) is 1. The second kappa shape index (κ2) is 13.1. The van der Waals surface area contributed by atoms with Gasteiger partial charge in [0, 0.05) is 11.4 Å². The second-order valence-corrected chi connectivity index (χ2v) is 14.8. The van der Waals surface area contributed by atoms with Crippen molar-refractivity contribution in [2.24, 2.45) is 0 Å². The van der Waals surface area contributed by atoms with Gasteiger partial charge in [0.05, 0.1) is 16.5 Å². The maximum absolute atomic E-state index is 13.7. The number of aliphatic hydroxyl groups excluding tert-OH is 1. The lowest BCUT2D eigenvalue weighted by Gasteiger charge is -2.38. The first-order valence-corrected chi connectivity index (χ1v) is 18.0. The summed E-state index contributed by atoms with van der Waals surface area (Å²) in [6.07, 6.45) is -0.626. The van der Waals surface area contributed by atoms with Crippen LogP contribution in [0.2, 0.25) is 0 Å². The maximum Gasteiger partial charge on any atom is 0.359 e. The van der Waals surface area contributed by atoms with E-state index in [1.165, 1.54) is 44.7 Å². The highest BCUT2D eigenvalue weighted by atomic mass is 33.1. The Morgan fingerprint density at radius 1 is 1.05 bits per heavy atom. The van der Waals surface area contributed by atoms with Crippen molar-refractivity contribution in [3.63, 3.8) is 0 Å². The number of amides is 1. The zero-order chi connectivity index (χ0) is 30.7. The lowest BCUT2D eigenvalue weighted by atomic mass is 10.0. The van der Waals surface area contributed by atoms with Crippen LogP contribution in [0.5, 0.6) is 0 Å². The summed E-state index contributed by atoms with van der Waals surface area (Å²) < 4.78 is 35.9. The molecule has 1 amide bonds. The minimum absolute atomic E-state index is 0.138. The summed E-state index contributed by atoms with van der Waals surface area (Å²) in [4.78, 5) is 33.7. The minimum Gasteiger partial charge on any atom is -0.448 e. The predicted octanol–water partition coefficient (Wildman–Crippen LogP) is 5.84. The first kappa shape index (κ1) is 31.1. The highest BCUT2D eigenvalue weighted by Crippen LogP contribution is 2.44. The smallest absolute Gasteiger partial charge is 0.359 e. The van der Waals surface area contributed by atoms with Gasteiger partial charge in [-0.3, -0.25) is 4.79 Å². The Labute approximate surface area is 261 Å². The fraction of sp³-hybridized carbons (Fsp3) is 0.233. The van der Waals surface area contributed by atoms with Gasteiger partial charge in [-0.05, 0) is 37.1 Å². The van der Waals surface area contributed by atoms with Crippen LogP contribution in [0.4, 0.5) is 0 Å². The molecule has 13 heteroatoms. The number of rotatable bonds is 11. The summed E-state index contributed by atoms with van der Waals surface area (Å²) in [6, 6.07) is 24.0. The number of β-lactam (4-membered cyclic amide) rings is 1. The zero-order valence-corrected chi connectivity index (χ0v) is 26.6. The van der Waals surface area contributed by atoms with E-state index in [-0.39, 0.29) is 23.9 Å². The Kier molecular flexibility index (Phi) is 9.47. The number of fused-ring (bicyclic) bond motifs is 1. The number of aromatic nitrogens is 1. The Hall–Kier alpha value is -3.36. The molecule has 0 radical (unpaired) electrons. The largest absolute Gasteiger partial charge is 0.448 e. The number of carbonyl (C=O) groups is 2. The highest BCUT2D eigenvalue weighted by molar-refractivity contribution is 8.77. The molecule has 1 N–H and O–H groups in total. The van der Waals surface area contributed by atoms with Crippen LogP contribution in [-0.2, 0) is 28.6 Å². The molecule has 0 saturated carbocycles. The van der Waals surface area contributed by atoms with Gasteiger partial charge in [0.15, 0.2) is 11.8 Å². The number of aliphatic hydroxyl groups is 1. The van der Waals surface area contributed by atoms with Crippen LogP contribution in [0.25, 0.3) is 10.2 Å². The molecule has 1 aromatic heterocycles. The van der Waals surface area contributed by atoms with Crippen LogP contribution in [0.15, 0.2) is 95.2 Å². The third-order valence-electron chi connectivity index (χ3n) is 6.40. The van der Waals surface area contributed by atoms with E-state index in [4.69, 9.17) is 8.92 Å². The average molecular weight is 657 g/mol. The molecule has 0 aliphatic carbocycles. The number of hydrogen-bond acceptors (Lipinski definition) is 11. The normalized spacial score (nSPS) is 16.5. The van der Waals surface area contributed by atoms with Gasteiger partial charge in [-0.15, -0.1) is 11.3 Å². The summed E-state index contributed by atoms with van der Waals surface area (Å²) in [5.41, 5.74) is 1.90. The summed E-state index contributed by atoms with van der Waals surface area (Å²) in [7, 11) is -1.29. The minimum atomic E-state index is -3.99. The van der Waals surface area contributed by atoms with Gasteiger partial charge < -0.3 is 18.9 Å². The molecule has 3 aromatic carbocycles. The first-order valence-electron chi connectivity index (χ1n) is 13.1. The van der Waals surface area contributed by atoms with Gasteiger partial charge >= 0.3 is 16.1 Å². The van der Waals surface area contributed by atoms with Crippen molar-refractivity contribution >= 4 is 65.1 Å². The second-order valence-electron chi connectivity index (χ2n) is 9.75. The summed E-state index contributed by atoms with van der Waals surface area (Å²) >= 11 is 1.41. The average Bonchev–Trinajstić information content (AvgIpc) is 3.43. The fourth-order valence-corrected chi connectivity index (χ4v) is 8.45. The van der Waals surface area contributed by atoms with Crippen LogP contribution < -0.4 is 0 Å². The van der Waals surface area contributed by atoms with Gasteiger partial charge in [-0.1, -0.05) is 88.3 Å². The number of carbonyl (C=O) groups excluding carboxylic acids is 2. The summed E-state index contributed by atoms with van der Waals surface area (Å²) in [5.74, 6) is -1.53. The Morgan fingerprint density at radius 2 is 1.67 bits per heavy atom. The van der Waals surface area contributed by atoms with E-state index in [0.717, 1.165) is 21.4 Å². The number of nitrogens with zero attached hydrogens (tertiary/aromatic N) is 2. The molecule has 1 fully saturated rings. The Morgan fingerprint density at radius 3 is 2.23 bits per heavy atom. The predicted molar refractivity (Wildman–Crippen MR) is 169 cm³/mol. The van der Waals surface area contributed by atoms with E-state index in [9.17, 15) is 23.1 Å². The van der Waals surface area contributed by atoms with Gasteiger partial charge in [0.1, 0.15) is 22.1 Å². The van der Waals surface area contributed by atoms with E-state index in [1.54, 1.807) is 6.92 Å². The summed E-state index contributed by atoms with van der Waals surface area (Å²) in [6.45, 7) is 3.12. The lowest BCUT2D eigenvalue weighted by Crippen LogP contribution is -2.55. The van der Waals surface area contributed by atoms with Crippen LogP contribution in [0, 0.1) is 0 Å². The van der Waals surface area contributed by atoms with Crippen LogP contribution in [-0.4, -0.2) is 53.3 Å². The van der Waals surface area contributed by atoms with Crippen LogP contribution in [0.1, 0.15) is 42.2 Å². The van der Waals surface area contributed by atoms with E-state index in [0.29, 0.717) is 16.1 Å². The maximum atomic E-state index is 13.7. The third-order valence-corrected chi connectivity index (χ3v) is 10.9. The summed E-state index contributed by atoms with van der Waals surface area (Å²) in [5, 5.41) is 10.0. The number of esters is 1. The van der Waals surface area contributed by atoms with Crippen molar-refractivity contribution in [1.82, 2.24) is 9.88 Å². The monoisotopic (exact) mass is 656 g/mol. The van der Waals surface area contributed by atoms with Gasteiger partial charge in [0.25, 0.3) is 0 Å². The van der Waals surface area contributed by atoms with Crippen molar-refractivity contribution in [3.8, 4) is 0 Å². The number of hydrogen-bond donors (Lipinski definition) is 1. The van der Waals surface area contributed by atoms with Gasteiger partial charge in [-0.25, -0.2) is 9.78 Å². The van der Waals surface area contributed by atoms with Gasteiger partial charge in [-0.2, -0.15) is 8.42 Å².